The van der Waals surface area contributed by atoms with E-state index in [2.05, 4.69) is 41.8 Å². The Balaban J connectivity index is 2.95. The predicted molar refractivity (Wildman–Crippen MR) is 97.2 cm³/mol. The topological polar surface area (TPSA) is 12.0 Å². The van der Waals surface area contributed by atoms with Crippen molar-refractivity contribution in [2.45, 2.75) is 101 Å². The molecule has 1 N–H and O–H groups in total. The van der Waals surface area contributed by atoms with E-state index < -0.39 is 0 Å². The first-order chi connectivity index (χ1) is 9.31. The highest BCUT2D eigenvalue weighted by molar-refractivity contribution is 14.1. The van der Waals surface area contributed by atoms with Crippen LogP contribution in [-0.4, -0.2) is 10.6 Å². The molecule has 0 aromatic carbocycles. The standard InChI is InChI=1S/C17H36IN/c1-3-5-6-7-8-9-10-11-12-13-14-15-16-19-17(18)4-2/h17,19H,3-16H2,1-2H3. The molecule has 0 aromatic heterocycles. The van der Waals surface area contributed by atoms with Crippen molar-refractivity contribution in [3.05, 3.63) is 0 Å². The monoisotopic (exact) mass is 381 g/mol. The number of alkyl halides is 1. The summed E-state index contributed by atoms with van der Waals surface area (Å²) >= 11 is 2.49. The Morgan fingerprint density at radius 3 is 1.53 bits per heavy atom. The fourth-order valence-corrected chi connectivity index (χ4v) is 2.68. The number of nitrogens with one attached hydrogen (secondary N) is 1. The van der Waals surface area contributed by atoms with Gasteiger partial charge >= 0.3 is 0 Å². The molecule has 2 heteroatoms. The third kappa shape index (κ3) is 16.6. The SMILES string of the molecule is CCCCCCCCCCCCCCNC(I)CC. The number of hydrogen-bond acceptors (Lipinski definition) is 1. The van der Waals surface area contributed by atoms with E-state index in [-0.39, 0.29) is 0 Å². The average molecular weight is 381 g/mol. The smallest absolute Gasteiger partial charge is 0.0590 e. The van der Waals surface area contributed by atoms with E-state index >= 15 is 0 Å². The maximum absolute atomic E-state index is 3.55. The second-order valence-electron chi connectivity index (χ2n) is 5.72. The molecule has 1 nitrogen and oxygen atoms in total. The van der Waals surface area contributed by atoms with Crippen molar-refractivity contribution < 1.29 is 0 Å². The van der Waals surface area contributed by atoms with Crippen LogP contribution in [0, 0.1) is 0 Å². The van der Waals surface area contributed by atoms with Gasteiger partial charge in [0, 0.05) is 0 Å². The van der Waals surface area contributed by atoms with Crippen LogP contribution < -0.4 is 5.32 Å². The molecule has 0 aliphatic heterocycles. The van der Waals surface area contributed by atoms with E-state index in [1.165, 1.54) is 90.0 Å². The van der Waals surface area contributed by atoms with Gasteiger partial charge in [0.25, 0.3) is 0 Å². The van der Waals surface area contributed by atoms with Gasteiger partial charge in [-0.3, -0.25) is 0 Å². The largest absolute Gasteiger partial charge is 0.306 e. The summed E-state index contributed by atoms with van der Waals surface area (Å²) in [6.45, 7) is 5.74. The lowest BCUT2D eigenvalue weighted by Gasteiger charge is -2.09. The fourth-order valence-electron chi connectivity index (χ4n) is 2.37. The van der Waals surface area contributed by atoms with Gasteiger partial charge < -0.3 is 5.32 Å². The molecule has 0 radical (unpaired) electrons. The van der Waals surface area contributed by atoms with Crippen molar-refractivity contribution >= 4 is 22.6 Å². The lowest BCUT2D eigenvalue weighted by molar-refractivity contribution is 0.533. The molecule has 0 aliphatic carbocycles. The van der Waals surface area contributed by atoms with E-state index in [0.717, 1.165) is 0 Å². The van der Waals surface area contributed by atoms with E-state index in [1.54, 1.807) is 0 Å². The van der Waals surface area contributed by atoms with Crippen LogP contribution in [0.3, 0.4) is 0 Å². The van der Waals surface area contributed by atoms with E-state index in [4.69, 9.17) is 0 Å². The highest BCUT2D eigenvalue weighted by Gasteiger charge is 1.97. The van der Waals surface area contributed by atoms with Crippen molar-refractivity contribution in [3.8, 4) is 0 Å². The quantitative estimate of drug-likeness (QED) is 0.149. The van der Waals surface area contributed by atoms with Crippen LogP contribution in [0.2, 0.25) is 0 Å². The number of rotatable bonds is 15. The van der Waals surface area contributed by atoms with Crippen molar-refractivity contribution in [3.63, 3.8) is 0 Å². The molecule has 0 heterocycles. The molecule has 1 atom stereocenters. The lowest BCUT2D eigenvalue weighted by atomic mass is 10.1. The summed E-state index contributed by atoms with van der Waals surface area (Å²) < 4.78 is 0.672. The predicted octanol–water partition coefficient (Wildman–Crippen LogP) is 6.45. The maximum Gasteiger partial charge on any atom is 0.0590 e. The van der Waals surface area contributed by atoms with Crippen LogP contribution in [0.1, 0.15) is 97.3 Å². The van der Waals surface area contributed by atoms with Crippen LogP contribution in [0.15, 0.2) is 0 Å². The fraction of sp³-hybridized carbons (Fsp3) is 1.00. The summed E-state index contributed by atoms with van der Waals surface area (Å²) in [6, 6.07) is 0. The minimum Gasteiger partial charge on any atom is -0.306 e. The Hall–Kier alpha value is 0.690. The summed E-state index contributed by atoms with van der Waals surface area (Å²) in [7, 11) is 0. The second kappa shape index (κ2) is 16.7. The molecule has 0 aliphatic rings. The molecule has 0 bridgehead atoms. The van der Waals surface area contributed by atoms with Gasteiger partial charge in [0.1, 0.15) is 0 Å². The van der Waals surface area contributed by atoms with Gasteiger partial charge in [0.2, 0.25) is 0 Å². The molecule has 116 valence electrons. The molecular formula is C17H36IN. The summed E-state index contributed by atoms with van der Waals surface area (Å²) in [5, 5.41) is 3.55. The first-order valence-electron chi connectivity index (χ1n) is 8.68. The first kappa shape index (κ1) is 19.7. The maximum atomic E-state index is 3.55. The van der Waals surface area contributed by atoms with Gasteiger partial charge in [-0.2, -0.15) is 0 Å². The second-order valence-corrected chi connectivity index (χ2v) is 7.22. The molecule has 0 saturated heterocycles. The van der Waals surface area contributed by atoms with Crippen molar-refractivity contribution in [2.75, 3.05) is 6.54 Å². The van der Waals surface area contributed by atoms with Gasteiger partial charge in [-0.25, -0.2) is 0 Å². The van der Waals surface area contributed by atoms with Crippen LogP contribution >= 0.6 is 22.6 Å². The lowest BCUT2D eigenvalue weighted by Crippen LogP contribution is -2.23. The molecule has 1 unspecified atom stereocenters. The average Bonchev–Trinajstić information content (AvgIpc) is 2.43. The van der Waals surface area contributed by atoms with Gasteiger partial charge in [-0.1, -0.05) is 107 Å². The highest BCUT2D eigenvalue weighted by Crippen LogP contribution is 2.11. The Morgan fingerprint density at radius 1 is 0.684 bits per heavy atom. The molecule has 0 rings (SSSR count). The van der Waals surface area contributed by atoms with Crippen molar-refractivity contribution in [2.24, 2.45) is 0 Å². The van der Waals surface area contributed by atoms with Crippen molar-refractivity contribution in [1.82, 2.24) is 5.32 Å². The van der Waals surface area contributed by atoms with Crippen LogP contribution in [0.4, 0.5) is 0 Å². The molecule has 0 amide bonds. The zero-order chi connectivity index (χ0) is 14.2. The van der Waals surface area contributed by atoms with Gasteiger partial charge in [0.05, 0.1) is 4.05 Å². The zero-order valence-electron chi connectivity index (χ0n) is 13.4. The minimum atomic E-state index is 0.672. The highest BCUT2D eigenvalue weighted by atomic mass is 127. The van der Waals surface area contributed by atoms with Crippen LogP contribution in [-0.2, 0) is 0 Å². The summed E-state index contributed by atoms with van der Waals surface area (Å²) in [4.78, 5) is 0. The third-order valence-electron chi connectivity index (χ3n) is 3.75. The Morgan fingerprint density at radius 2 is 1.11 bits per heavy atom. The molecule has 0 aromatic rings. The van der Waals surface area contributed by atoms with Crippen LogP contribution in [0.25, 0.3) is 0 Å². The van der Waals surface area contributed by atoms with Gasteiger partial charge in [-0.15, -0.1) is 0 Å². The van der Waals surface area contributed by atoms with Crippen LogP contribution in [0.5, 0.6) is 0 Å². The molecule has 19 heavy (non-hydrogen) atoms. The Kier molecular flexibility index (Phi) is 17.4. The first-order valence-corrected chi connectivity index (χ1v) is 9.93. The van der Waals surface area contributed by atoms with Crippen molar-refractivity contribution in [1.29, 1.82) is 0 Å². The normalized spacial score (nSPS) is 12.8. The molecule has 0 spiro atoms. The summed E-state index contributed by atoms with van der Waals surface area (Å²) in [5.41, 5.74) is 0. The Labute approximate surface area is 135 Å². The Bertz CT molecular complexity index is 161. The molecule has 0 saturated carbocycles. The summed E-state index contributed by atoms with van der Waals surface area (Å²) in [5.74, 6) is 0. The molecule has 0 fully saturated rings. The van der Waals surface area contributed by atoms with E-state index in [1.807, 2.05) is 0 Å². The van der Waals surface area contributed by atoms with Gasteiger partial charge in [0.15, 0.2) is 0 Å². The zero-order valence-corrected chi connectivity index (χ0v) is 15.5. The number of hydrogen-bond donors (Lipinski definition) is 1. The van der Waals surface area contributed by atoms with Gasteiger partial charge in [-0.05, 0) is 19.4 Å². The van der Waals surface area contributed by atoms with E-state index in [9.17, 15) is 0 Å². The minimum absolute atomic E-state index is 0.672. The number of halogens is 1. The number of unbranched alkanes of at least 4 members (excludes halogenated alkanes) is 11. The molecular weight excluding hydrogens is 345 g/mol. The summed E-state index contributed by atoms with van der Waals surface area (Å²) in [6.07, 6.45) is 18.5. The third-order valence-corrected chi connectivity index (χ3v) is 5.08. The van der Waals surface area contributed by atoms with E-state index in [0.29, 0.717) is 4.05 Å².